The lowest BCUT2D eigenvalue weighted by Gasteiger charge is -2.35. The zero-order valence-electron chi connectivity index (χ0n) is 16.1. The molecule has 152 valence electrons. The quantitative estimate of drug-likeness (QED) is 0.779. The molecule has 2 amide bonds. The van der Waals surface area contributed by atoms with Crippen molar-refractivity contribution >= 4 is 11.8 Å². The van der Waals surface area contributed by atoms with E-state index in [1.165, 1.54) is 6.07 Å². The van der Waals surface area contributed by atoms with Gasteiger partial charge in [-0.3, -0.25) is 14.5 Å². The van der Waals surface area contributed by atoms with Gasteiger partial charge >= 0.3 is 0 Å². The predicted molar refractivity (Wildman–Crippen MR) is 101 cm³/mol. The number of carbonyl (C=O) groups excluding carboxylic acids is 2. The second kappa shape index (κ2) is 6.78. The first-order chi connectivity index (χ1) is 14.0. The van der Waals surface area contributed by atoms with E-state index in [2.05, 4.69) is 6.07 Å². The van der Waals surface area contributed by atoms with Crippen LogP contribution in [0, 0.1) is 23.1 Å². The highest BCUT2D eigenvalue weighted by Crippen LogP contribution is 2.47. The summed E-state index contributed by atoms with van der Waals surface area (Å²) in [5, 5.41) is 9.31. The molecule has 4 fully saturated rings. The molecule has 1 aromatic carbocycles. The van der Waals surface area contributed by atoms with Gasteiger partial charge in [0.1, 0.15) is 11.9 Å². The minimum Gasteiger partial charge on any atom is -0.333 e. The molecule has 1 saturated carbocycles. The minimum atomic E-state index is -0.739. The summed E-state index contributed by atoms with van der Waals surface area (Å²) in [5.74, 6) is -0.0572. The van der Waals surface area contributed by atoms with E-state index in [1.54, 1.807) is 28.0 Å². The molecule has 4 aliphatic rings. The highest BCUT2D eigenvalue weighted by atomic mass is 19.1. The van der Waals surface area contributed by atoms with E-state index >= 15 is 0 Å². The number of hydrogen-bond donors (Lipinski definition) is 1. The van der Waals surface area contributed by atoms with Gasteiger partial charge in [0, 0.05) is 37.3 Å². The van der Waals surface area contributed by atoms with E-state index in [9.17, 15) is 19.2 Å². The van der Waals surface area contributed by atoms with Crippen LogP contribution in [-0.4, -0.2) is 69.8 Å². The third-order valence-electron chi connectivity index (χ3n) is 6.95. The van der Waals surface area contributed by atoms with Gasteiger partial charge in [0.15, 0.2) is 0 Å². The van der Waals surface area contributed by atoms with E-state index in [4.69, 9.17) is 5.73 Å². The fraction of sp³-hybridized carbons (Fsp3) is 0.571. The Bertz CT molecular complexity index is 901. The summed E-state index contributed by atoms with van der Waals surface area (Å²) in [6.07, 6.45) is 2.40. The second-order valence-electron chi connectivity index (χ2n) is 8.71. The Morgan fingerprint density at radius 1 is 1.31 bits per heavy atom. The summed E-state index contributed by atoms with van der Waals surface area (Å²) in [7, 11) is 0. The molecule has 2 N–H and O–H groups in total. The van der Waals surface area contributed by atoms with Crippen LogP contribution >= 0.6 is 0 Å². The van der Waals surface area contributed by atoms with Crippen molar-refractivity contribution in [2.24, 2.45) is 11.7 Å². The lowest BCUT2D eigenvalue weighted by molar-refractivity contribution is -0.139. The van der Waals surface area contributed by atoms with Crippen LogP contribution in [0.15, 0.2) is 24.3 Å². The molecule has 3 aliphatic heterocycles. The van der Waals surface area contributed by atoms with Crippen LogP contribution in [0.5, 0.6) is 0 Å². The van der Waals surface area contributed by atoms with E-state index in [-0.39, 0.29) is 48.3 Å². The van der Waals surface area contributed by atoms with Crippen LogP contribution in [0.1, 0.15) is 24.8 Å². The number of piperazine rings is 1. The summed E-state index contributed by atoms with van der Waals surface area (Å²) in [6.45, 7) is 1.22. The van der Waals surface area contributed by atoms with Crippen molar-refractivity contribution in [3.63, 3.8) is 0 Å². The molecule has 3 saturated heterocycles. The Morgan fingerprint density at radius 2 is 2.10 bits per heavy atom. The molecule has 0 spiro atoms. The summed E-state index contributed by atoms with van der Waals surface area (Å²) in [6, 6.07) is 7.51. The van der Waals surface area contributed by atoms with Crippen LogP contribution in [-0.2, 0) is 16.1 Å². The van der Waals surface area contributed by atoms with E-state index in [1.807, 2.05) is 4.90 Å². The summed E-state index contributed by atoms with van der Waals surface area (Å²) in [5.41, 5.74) is 6.73. The number of likely N-dealkylation sites (tertiary alicyclic amines) is 3. The standard InChI is InChI=1S/C21H24FN5O2/c22-16-4-2-1-3-12(16)9-26-15-7-19(21(26)29)25(10-15)11-17(24)20(28)27-14(8-23)5-13-6-18(13)27/h1-4,13-15,17-19H,5-7,9-11,24H2. The van der Waals surface area contributed by atoms with Gasteiger partial charge < -0.3 is 15.5 Å². The van der Waals surface area contributed by atoms with Crippen LogP contribution in [0.4, 0.5) is 4.39 Å². The molecule has 5 rings (SSSR count). The monoisotopic (exact) mass is 397 g/mol. The number of nitriles is 1. The van der Waals surface area contributed by atoms with Crippen LogP contribution in [0.2, 0.25) is 0 Å². The smallest absolute Gasteiger partial charge is 0.242 e. The number of benzene rings is 1. The number of halogens is 1. The van der Waals surface area contributed by atoms with Gasteiger partial charge in [0.05, 0.1) is 18.2 Å². The molecule has 29 heavy (non-hydrogen) atoms. The highest BCUT2D eigenvalue weighted by Gasteiger charge is 2.55. The van der Waals surface area contributed by atoms with Gasteiger partial charge in [0.25, 0.3) is 0 Å². The summed E-state index contributed by atoms with van der Waals surface area (Å²) in [4.78, 5) is 31.1. The van der Waals surface area contributed by atoms with Crippen molar-refractivity contribution < 1.29 is 14.0 Å². The maximum Gasteiger partial charge on any atom is 0.242 e. The average molecular weight is 397 g/mol. The lowest BCUT2D eigenvalue weighted by Crippen LogP contribution is -2.56. The van der Waals surface area contributed by atoms with E-state index in [0.29, 0.717) is 31.0 Å². The molecule has 8 heteroatoms. The van der Waals surface area contributed by atoms with Gasteiger partial charge in [-0.25, -0.2) is 4.39 Å². The molecule has 2 bridgehead atoms. The number of nitrogens with zero attached hydrogens (tertiary/aromatic N) is 4. The SMILES string of the molecule is N#CC1CC2CC2N1C(=O)C(N)CN1CC2CC1C(=O)N2Cc1ccccc1F. The van der Waals surface area contributed by atoms with Gasteiger partial charge in [-0.15, -0.1) is 0 Å². The minimum absolute atomic E-state index is 0.0147. The topological polar surface area (TPSA) is 93.7 Å². The first kappa shape index (κ1) is 18.5. The number of piperidine rings is 1. The molecule has 6 atom stereocenters. The zero-order valence-corrected chi connectivity index (χ0v) is 16.1. The number of carbonyl (C=O) groups is 2. The number of rotatable bonds is 5. The highest BCUT2D eigenvalue weighted by molar-refractivity contribution is 5.86. The maximum absolute atomic E-state index is 14.0. The number of amides is 2. The largest absolute Gasteiger partial charge is 0.333 e. The van der Waals surface area contributed by atoms with Gasteiger partial charge in [-0.05, 0) is 31.2 Å². The Hall–Kier alpha value is -2.50. The third-order valence-corrected chi connectivity index (χ3v) is 6.95. The van der Waals surface area contributed by atoms with Crippen molar-refractivity contribution in [3.05, 3.63) is 35.6 Å². The second-order valence-corrected chi connectivity index (χ2v) is 8.71. The molecule has 1 aromatic rings. The zero-order chi connectivity index (χ0) is 20.3. The number of nitrogens with two attached hydrogens (primary N) is 1. The van der Waals surface area contributed by atoms with Gasteiger partial charge in [0.2, 0.25) is 11.8 Å². The molecule has 0 aromatic heterocycles. The predicted octanol–water partition coefficient (Wildman–Crippen LogP) is 0.451. The molecule has 3 heterocycles. The van der Waals surface area contributed by atoms with E-state index in [0.717, 1.165) is 12.8 Å². The average Bonchev–Trinajstić information content (AvgIpc) is 3.05. The van der Waals surface area contributed by atoms with Crippen molar-refractivity contribution in [1.82, 2.24) is 14.7 Å². The first-order valence-electron chi connectivity index (χ1n) is 10.2. The first-order valence-corrected chi connectivity index (χ1v) is 10.2. The maximum atomic E-state index is 14.0. The van der Waals surface area contributed by atoms with Gasteiger partial charge in [-0.2, -0.15) is 5.26 Å². The normalized spacial score (nSPS) is 33.7. The molecule has 6 unspecified atom stereocenters. The van der Waals surface area contributed by atoms with Crippen LogP contribution < -0.4 is 5.73 Å². The Balaban J connectivity index is 1.22. The Kier molecular flexibility index (Phi) is 4.33. The van der Waals surface area contributed by atoms with Crippen molar-refractivity contribution in [3.8, 4) is 6.07 Å². The van der Waals surface area contributed by atoms with Crippen LogP contribution in [0.3, 0.4) is 0 Å². The Labute approximate surface area is 168 Å². The number of fused-ring (bicyclic) bond motifs is 3. The number of hydrogen-bond acceptors (Lipinski definition) is 5. The van der Waals surface area contributed by atoms with Crippen LogP contribution in [0.25, 0.3) is 0 Å². The molecule has 0 radical (unpaired) electrons. The molecular formula is C21H24FN5O2. The van der Waals surface area contributed by atoms with Gasteiger partial charge in [-0.1, -0.05) is 18.2 Å². The summed E-state index contributed by atoms with van der Waals surface area (Å²) >= 11 is 0. The fourth-order valence-corrected chi connectivity index (χ4v) is 5.36. The lowest BCUT2D eigenvalue weighted by atomic mass is 10.1. The van der Waals surface area contributed by atoms with E-state index < -0.39 is 6.04 Å². The van der Waals surface area contributed by atoms with Crippen molar-refractivity contribution in [2.75, 3.05) is 13.1 Å². The molecule has 7 nitrogen and oxygen atoms in total. The van der Waals surface area contributed by atoms with Crippen molar-refractivity contribution in [1.29, 1.82) is 5.26 Å². The fourth-order valence-electron chi connectivity index (χ4n) is 5.36. The third kappa shape index (κ3) is 3.00. The molecule has 1 aliphatic carbocycles. The molecular weight excluding hydrogens is 373 g/mol. The summed E-state index contributed by atoms with van der Waals surface area (Å²) < 4.78 is 14.0. The van der Waals surface area contributed by atoms with Crippen molar-refractivity contribution in [2.45, 2.75) is 56.0 Å². The Morgan fingerprint density at radius 3 is 2.83 bits per heavy atom.